The average molecular weight is 480 g/mol. The molecule has 1 N–H and O–H groups in total. The smallest absolute Gasteiger partial charge is 0.259 e. The third kappa shape index (κ3) is 4.33. The van der Waals surface area contributed by atoms with Crippen LogP contribution in [0.3, 0.4) is 0 Å². The lowest BCUT2D eigenvalue weighted by atomic mass is 10.0. The molecule has 0 atom stereocenters. The van der Waals surface area contributed by atoms with E-state index in [9.17, 15) is 4.79 Å². The summed E-state index contributed by atoms with van der Waals surface area (Å²) in [6, 6.07) is 19.4. The second kappa shape index (κ2) is 8.96. The van der Waals surface area contributed by atoms with E-state index in [1.165, 1.54) is 5.56 Å². The summed E-state index contributed by atoms with van der Waals surface area (Å²) in [6.07, 6.45) is 3.97. The molecule has 1 amide bonds. The Morgan fingerprint density at radius 2 is 1.97 bits per heavy atom. The Kier molecular flexibility index (Phi) is 5.48. The highest BCUT2D eigenvalue weighted by Gasteiger charge is 2.29. The third-order valence-corrected chi connectivity index (χ3v) is 6.38. The van der Waals surface area contributed by atoms with E-state index < -0.39 is 0 Å². The molecule has 6 rings (SSSR count). The van der Waals surface area contributed by atoms with Crippen molar-refractivity contribution >= 4 is 22.8 Å². The van der Waals surface area contributed by atoms with Crippen LogP contribution < -0.4 is 10.1 Å². The van der Waals surface area contributed by atoms with Crippen LogP contribution in [0.4, 0.5) is 5.82 Å². The van der Waals surface area contributed by atoms with E-state index in [1.54, 1.807) is 13.2 Å². The number of carbonyl (C=O) groups excluding carboxylic acids is 1. The van der Waals surface area contributed by atoms with Crippen molar-refractivity contribution in [2.45, 2.75) is 32.2 Å². The maximum Gasteiger partial charge on any atom is 0.259 e. The zero-order valence-corrected chi connectivity index (χ0v) is 20.1. The van der Waals surface area contributed by atoms with Crippen molar-refractivity contribution in [3.05, 3.63) is 89.2 Å². The first kappa shape index (κ1) is 22.0. The molecule has 0 bridgehead atoms. The zero-order valence-electron chi connectivity index (χ0n) is 20.1. The highest BCUT2D eigenvalue weighted by Crippen LogP contribution is 2.41. The Balaban J connectivity index is 1.33. The molecule has 2 aromatic carbocycles. The van der Waals surface area contributed by atoms with Crippen LogP contribution in [0.1, 0.15) is 45.9 Å². The maximum absolute atomic E-state index is 13.5. The fourth-order valence-electron chi connectivity index (χ4n) is 4.38. The quantitative estimate of drug-likeness (QED) is 0.327. The molecule has 0 aliphatic heterocycles. The van der Waals surface area contributed by atoms with Crippen LogP contribution in [0.15, 0.2) is 71.4 Å². The minimum Gasteiger partial charge on any atom is -0.497 e. The summed E-state index contributed by atoms with van der Waals surface area (Å²) >= 11 is 0. The van der Waals surface area contributed by atoms with Crippen molar-refractivity contribution in [2.24, 2.45) is 0 Å². The number of fused-ring (bicyclic) bond motifs is 1. The number of anilines is 1. The van der Waals surface area contributed by atoms with E-state index in [0.717, 1.165) is 35.4 Å². The molecule has 1 saturated carbocycles. The Hall–Kier alpha value is -4.46. The Labute approximate surface area is 207 Å². The van der Waals surface area contributed by atoms with Gasteiger partial charge in [0.15, 0.2) is 5.82 Å². The number of pyridine rings is 1. The van der Waals surface area contributed by atoms with Crippen LogP contribution in [-0.2, 0) is 6.54 Å². The van der Waals surface area contributed by atoms with Gasteiger partial charge in [0, 0.05) is 29.4 Å². The first-order valence-corrected chi connectivity index (χ1v) is 11.9. The summed E-state index contributed by atoms with van der Waals surface area (Å²) in [4.78, 5) is 18.2. The summed E-state index contributed by atoms with van der Waals surface area (Å²) in [5, 5.41) is 12.4. The lowest BCUT2D eigenvalue weighted by Gasteiger charge is -2.08. The average Bonchev–Trinajstić information content (AvgIpc) is 3.51. The van der Waals surface area contributed by atoms with Crippen molar-refractivity contribution in [1.82, 2.24) is 19.9 Å². The summed E-state index contributed by atoms with van der Waals surface area (Å²) in [7, 11) is 1.62. The van der Waals surface area contributed by atoms with Crippen LogP contribution in [0.5, 0.6) is 5.75 Å². The minimum atomic E-state index is -0.275. The molecule has 5 aromatic rings. The van der Waals surface area contributed by atoms with Gasteiger partial charge in [-0.2, -0.15) is 5.10 Å². The normalized spacial score (nSPS) is 13.2. The number of hydrogen-bond acceptors (Lipinski definition) is 6. The molecule has 8 nitrogen and oxygen atoms in total. The summed E-state index contributed by atoms with van der Waals surface area (Å²) in [5.74, 6) is 1.29. The van der Waals surface area contributed by atoms with E-state index in [1.807, 2.05) is 47.3 Å². The number of nitrogens with one attached hydrogen (secondary N) is 1. The number of aromatic nitrogens is 4. The fraction of sp³-hybridized carbons (Fsp3) is 0.214. The second-order valence-electron chi connectivity index (χ2n) is 9.15. The molecule has 1 aliphatic rings. The minimum absolute atomic E-state index is 0.275. The maximum atomic E-state index is 13.5. The van der Waals surface area contributed by atoms with E-state index in [2.05, 4.69) is 45.7 Å². The number of benzene rings is 2. The standard InChI is InChI=1S/C28H25N5O3/c1-17-4-3-5-18(14-17)16-33-13-12-24(31-33)30-27(34)22-15-23(19-6-7-19)29-28-25(22)26(32-36-28)20-8-10-21(35-2)11-9-20/h3-5,8-15,19H,6-7,16H2,1-2H3,(H,30,31,34). The van der Waals surface area contributed by atoms with Crippen LogP contribution in [0.25, 0.3) is 22.4 Å². The first-order chi connectivity index (χ1) is 17.6. The van der Waals surface area contributed by atoms with Crippen molar-refractivity contribution in [2.75, 3.05) is 12.4 Å². The SMILES string of the molecule is COc1ccc(-c2noc3nc(C4CC4)cc(C(=O)Nc4ccn(Cc5cccc(C)c5)n4)c23)cc1. The zero-order chi connectivity index (χ0) is 24.6. The van der Waals surface area contributed by atoms with Gasteiger partial charge < -0.3 is 14.6 Å². The van der Waals surface area contributed by atoms with Gasteiger partial charge in [0.2, 0.25) is 0 Å². The summed E-state index contributed by atoms with van der Waals surface area (Å²) < 4.78 is 12.7. The predicted molar refractivity (Wildman–Crippen MR) is 136 cm³/mol. The number of ether oxygens (including phenoxy) is 1. The lowest BCUT2D eigenvalue weighted by molar-refractivity contribution is 0.102. The molecule has 0 spiro atoms. The van der Waals surface area contributed by atoms with Crippen molar-refractivity contribution in [1.29, 1.82) is 0 Å². The first-order valence-electron chi connectivity index (χ1n) is 11.9. The highest BCUT2D eigenvalue weighted by molar-refractivity contribution is 6.14. The van der Waals surface area contributed by atoms with Crippen LogP contribution >= 0.6 is 0 Å². The molecule has 36 heavy (non-hydrogen) atoms. The molecule has 0 radical (unpaired) electrons. The van der Waals surface area contributed by atoms with E-state index in [0.29, 0.717) is 40.6 Å². The molecule has 3 aromatic heterocycles. The molecule has 8 heteroatoms. The largest absolute Gasteiger partial charge is 0.497 e. The molecular formula is C28H25N5O3. The van der Waals surface area contributed by atoms with Crippen molar-refractivity contribution in [3.8, 4) is 17.0 Å². The topological polar surface area (TPSA) is 95.1 Å². The number of amides is 1. The van der Waals surface area contributed by atoms with Gasteiger partial charge in [0.05, 0.1) is 24.6 Å². The Morgan fingerprint density at radius 3 is 2.72 bits per heavy atom. The summed E-state index contributed by atoms with van der Waals surface area (Å²) in [6.45, 7) is 2.69. The summed E-state index contributed by atoms with van der Waals surface area (Å²) in [5.41, 5.74) is 5.42. The number of carbonyl (C=O) groups is 1. The predicted octanol–water partition coefficient (Wildman–Crippen LogP) is 5.58. The molecule has 0 saturated heterocycles. The van der Waals surface area contributed by atoms with Gasteiger partial charge in [-0.15, -0.1) is 0 Å². The molecule has 1 aliphatic carbocycles. The Morgan fingerprint density at radius 1 is 1.14 bits per heavy atom. The van der Waals surface area contributed by atoms with Crippen molar-refractivity contribution in [3.63, 3.8) is 0 Å². The van der Waals surface area contributed by atoms with E-state index >= 15 is 0 Å². The third-order valence-electron chi connectivity index (χ3n) is 6.38. The number of nitrogens with zero attached hydrogens (tertiary/aromatic N) is 4. The van der Waals surface area contributed by atoms with E-state index in [-0.39, 0.29) is 5.91 Å². The number of methoxy groups -OCH3 is 1. The van der Waals surface area contributed by atoms with E-state index in [4.69, 9.17) is 9.26 Å². The number of aryl methyl sites for hydroxylation is 1. The van der Waals surface area contributed by atoms with Crippen LogP contribution in [0.2, 0.25) is 0 Å². The molecule has 180 valence electrons. The molecule has 3 heterocycles. The fourth-order valence-corrected chi connectivity index (χ4v) is 4.38. The van der Waals surface area contributed by atoms with Gasteiger partial charge in [0.25, 0.3) is 11.6 Å². The van der Waals surface area contributed by atoms with Gasteiger partial charge in [-0.05, 0) is 55.7 Å². The second-order valence-corrected chi connectivity index (χ2v) is 9.15. The monoisotopic (exact) mass is 479 g/mol. The van der Waals surface area contributed by atoms with Gasteiger partial charge in [-0.25, -0.2) is 4.98 Å². The van der Waals surface area contributed by atoms with Crippen LogP contribution in [0, 0.1) is 6.92 Å². The highest BCUT2D eigenvalue weighted by atomic mass is 16.5. The molecule has 0 unspecified atom stereocenters. The Bertz CT molecular complexity index is 1560. The van der Waals surface area contributed by atoms with Gasteiger partial charge in [0.1, 0.15) is 11.4 Å². The lowest BCUT2D eigenvalue weighted by Crippen LogP contribution is -2.14. The molecule has 1 fully saturated rings. The van der Waals surface area contributed by atoms with Gasteiger partial charge >= 0.3 is 0 Å². The van der Waals surface area contributed by atoms with Gasteiger partial charge in [-0.1, -0.05) is 35.0 Å². The van der Waals surface area contributed by atoms with Crippen molar-refractivity contribution < 1.29 is 14.1 Å². The van der Waals surface area contributed by atoms with Gasteiger partial charge in [-0.3, -0.25) is 9.48 Å². The molecular weight excluding hydrogens is 454 g/mol. The number of hydrogen-bond donors (Lipinski definition) is 1. The number of rotatable bonds is 7. The van der Waals surface area contributed by atoms with Crippen LogP contribution in [-0.4, -0.2) is 32.9 Å².